The van der Waals surface area contributed by atoms with Gasteiger partial charge in [-0.3, -0.25) is 4.68 Å². The van der Waals surface area contributed by atoms with Crippen LogP contribution in [0.5, 0.6) is 0 Å². The van der Waals surface area contributed by atoms with E-state index in [0.717, 1.165) is 12.3 Å². The Balaban J connectivity index is 2.05. The highest BCUT2D eigenvalue weighted by Gasteiger charge is 2.23. The first kappa shape index (κ1) is 9.71. The van der Waals surface area contributed by atoms with E-state index in [0.29, 0.717) is 0 Å². The molecule has 2 N–H and O–H groups in total. The van der Waals surface area contributed by atoms with Gasteiger partial charge in [-0.15, -0.1) is 0 Å². The third-order valence-electron chi connectivity index (χ3n) is 3.34. The van der Waals surface area contributed by atoms with E-state index >= 15 is 0 Å². The molecule has 1 saturated carbocycles. The van der Waals surface area contributed by atoms with Crippen LogP contribution >= 0.6 is 0 Å². The molecular formula is C11H19N3. The maximum absolute atomic E-state index is 6.19. The number of nitrogens with zero attached hydrogens (tertiary/aromatic N) is 2. The molecule has 14 heavy (non-hydrogen) atoms. The van der Waals surface area contributed by atoms with Crippen LogP contribution in [0.2, 0.25) is 0 Å². The van der Waals surface area contributed by atoms with Crippen molar-refractivity contribution < 1.29 is 0 Å². The van der Waals surface area contributed by atoms with Gasteiger partial charge >= 0.3 is 0 Å². The Bertz CT molecular complexity index is 293. The predicted molar refractivity (Wildman–Crippen MR) is 56.8 cm³/mol. The van der Waals surface area contributed by atoms with E-state index in [2.05, 4.69) is 12.0 Å². The lowest BCUT2D eigenvalue weighted by atomic mass is 9.80. The minimum Gasteiger partial charge on any atom is -0.323 e. The zero-order valence-corrected chi connectivity index (χ0v) is 9.03. The van der Waals surface area contributed by atoms with E-state index in [1.54, 1.807) is 0 Å². The fourth-order valence-corrected chi connectivity index (χ4v) is 2.29. The van der Waals surface area contributed by atoms with E-state index < -0.39 is 0 Å². The summed E-state index contributed by atoms with van der Waals surface area (Å²) in [5.41, 5.74) is 8.62. The summed E-state index contributed by atoms with van der Waals surface area (Å²) in [6.45, 7) is 2.09. The molecule has 3 nitrogen and oxygen atoms in total. The van der Waals surface area contributed by atoms with E-state index in [1.165, 1.54) is 30.5 Å². The van der Waals surface area contributed by atoms with Gasteiger partial charge in [0, 0.05) is 13.1 Å². The van der Waals surface area contributed by atoms with Crippen LogP contribution in [0.15, 0.2) is 6.20 Å². The van der Waals surface area contributed by atoms with E-state index in [1.807, 2.05) is 17.9 Å². The van der Waals surface area contributed by atoms with Crippen molar-refractivity contribution in [1.82, 2.24) is 9.78 Å². The average molecular weight is 193 g/mol. The fraction of sp³-hybridized carbons (Fsp3) is 0.727. The minimum atomic E-state index is 0.174. The lowest BCUT2D eigenvalue weighted by Gasteiger charge is -2.28. The Hall–Kier alpha value is -0.830. The van der Waals surface area contributed by atoms with Gasteiger partial charge in [0.1, 0.15) is 0 Å². The zero-order chi connectivity index (χ0) is 10.1. The Labute approximate surface area is 85.3 Å². The molecule has 0 aromatic carbocycles. The minimum absolute atomic E-state index is 0.174. The monoisotopic (exact) mass is 193 g/mol. The molecule has 2 rings (SSSR count). The normalized spacial score (nSPS) is 19.4. The first-order valence-corrected chi connectivity index (χ1v) is 5.42. The van der Waals surface area contributed by atoms with Crippen molar-refractivity contribution in [3.63, 3.8) is 0 Å². The van der Waals surface area contributed by atoms with Crippen molar-refractivity contribution in [1.29, 1.82) is 0 Å². The molecule has 1 heterocycles. The topological polar surface area (TPSA) is 43.8 Å². The molecule has 1 fully saturated rings. The van der Waals surface area contributed by atoms with Crippen LogP contribution in [0.4, 0.5) is 0 Å². The summed E-state index contributed by atoms with van der Waals surface area (Å²) >= 11 is 0. The Morgan fingerprint density at radius 2 is 2.36 bits per heavy atom. The number of aryl methyl sites for hydroxylation is 2. The SMILES string of the molecule is Cc1cnn(C)c1C(N)CC1CCC1. The smallest absolute Gasteiger partial charge is 0.0577 e. The second kappa shape index (κ2) is 3.73. The highest BCUT2D eigenvalue weighted by atomic mass is 15.3. The molecule has 0 saturated heterocycles. The molecule has 1 atom stereocenters. The van der Waals surface area contributed by atoms with E-state index in [-0.39, 0.29) is 6.04 Å². The number of hydrogen-bond donors (Lipinski definition) is 1. The second-order valence-corrected chi connectivity index (χ2v) is 4.48. The second-order valence-electron chi connectivity index (χ2n) is 4.48. The molecule has 78 valence electrons. The molecule has 0 amide bonds. The third kappa shape index (κ3) is 1.69. The maximum Gasteiger partial charge on any atom is 0.0577 e. The summed E-state index contributed by atoms with van der Waals surface area (Å²) in [4.78, 5) is 0. The van der Waals surface area contributed by atoms with Crippen molar-refractivity contribution in [2.45, 2.75) is 38.6 Å². The van der Waals surface area contributed by atoms with E-state index in [9.17, 15) is 0 Å². The molecule has 3 heteroatoms. The Morgan fingerprint density at radius 3 is 2.79 bits per heavy atom. The Morgan fingerprint density at radius 1 is 1.64 bits per heavy atom. The van der Waals surface area contributed by atoms with Crippen LogP contribution in [0.25, 0.3) is 0 Å². The van der Waals surface area contributed by atoms with Crippen LogP contribution in [0.1, 0.15) is 43.0 Å². The van der Waals surface area contributed by atoms with Gasteiger partial charge in [0.25, 0.3) is 0 Å². The molecule has 1 unspecified atom stereocenters. The number of aromatic nitrogens is 2. The molecule has 0 aliphatic heterocycles. The number of hydrogen-bond acceptors (Lipinski definition) is 2. The zero-order valence-electron chi connectivity index (χ0n) is 9.03. The quantitative estimate of drug-likeness (QED) is 0.797. The summed E-state index contributed by atoms with van der Waals surface area (Å²) in [7, 11) is 1.98. The molecule has 1 aliphatic carbocycles. The van der Waals surface area contributed by atoms with E-state index in [4.69, 9.17) is 5.73 Å². The largest absolute Gasteiger partial charge is 0.323 e. The van der Waals surface area contributed by atoms with Gasteiger partial charge in [0.2, 0.25) is 0 Å². The fourth-order valence-electron chi connectivity index (χ4n) is 2.29. The highest BCUT2D eigenvalue weighted by Crippen LogP contribution is 2.34. The van der Waals surface area contributed by atoms with Gasteiger partial charge < -0.3 is 5.73 Å². The number of rotatable bonds is 3. The van der Waals surface area contributed by atoms with Crippen molar-refractivity contribution in [3.05, 3.63) is 17.5 Å². The van der Waals surface area contributed by atoms with Crippen molar-refractivity contribution in [3.8, 4) is 0 Å². The average Bonchev–Trinajstić information content (AvgIpc) is 2.39. The summed E-state index contributed by atoms with van der Waals surface area (Å²) in [6.07, 6.45) is 7.15. The van der Waals surface area contributed by atoms with Gasteiger partial charge in [0.05, 0.1) is 11.9 Å². The van der Waals surface area contributed by atoms with Crippen LogP contribution in [-0.4, -0.2) is 9.78 Å². The molecule has 1 aromatic rings. The van der Waals surface area contributed by atoms with Crippen molar-refractivity contribution in [2.24, 2.45) is 18.7 Å². The van der Waals surface area contributed by atoms with Crippen LogP contribution in [0.3, 0.4) is 0 Å². The van der Waals surface area contributed by atoms with Crippen LogP contribution in [-0.2, 0) is 7.05 Å². The summed E-state index contributed by atoms with van der Waals surface area (Å²) in [5, 5.41) is 4.23. The van der Waals surface area contributed by atoms with Crippen molar-refractivity contribution in [2.75, 3.05) is 0 Å². The summed E-state index contributed by atoms with van der Waals surface area (Å²) in [6, 6.07) is 0.174. The standard InChI is InChI=1S/C11H19N3/c1-8-7-13-14(2)11(8)10(12)6-9-4-3-5-9/h7,9-10H,3-6,12H2,1-2H3. The lowest BCUT2D eigenvalue weighted by Crippen LogP contribution is -2.22. The summed E-state index contributed by atoms with van der Waals surface area (Å²) in [5.74, 6) is 0.860. The first-order valence-electron chi connectivity index (χ1n) is 5.42. The third-order valence-corrected chi connectivity index (χ3v) is 3.34. The summed E-state index contributed by atoms with van der Waals surface area (Å²) < 4.78 is 1.92. The lowest BCUT2D eigenvalue weighted by molar-refractivity contribution is 0.274. The number of nitrogens with two attached hydrogens (primary N) is 1. The van der Waals surface area contributed by atoms with Crippen LogP contribution in [0, 0.1) is 12.8 Å². The molecule has 1 aromatic heterocycles. The molecule has 0 radical (unpaired) electrons. The first-order chi connectivity index (χ1) is 6.68. The van der Waals surface area contributed by atoms with Gasteiger partial charge in [-0.2, -0.15) is 5.10 Å². The maximum atomic E-state index is 6.19. The highest BCUT2D eigenvalue weighted by molar-refractivity contribution is 5.19. The Kier molecular flexibility index (Phi) is 2.59. The van der Waals surface area contributed by atoms with Crippen LogP contribution < -0.4 is 5.73 Å². The van der Waals surface area contributed by atoms with Crippen molar-refractivity contribution >= 4 is 0 Å². The van der Waals surface area contributed by atoms with Gasteiger partial charge in [-0.25, -0.2) is 0 Å². The predicted octanol–water partition coefficient (Wildman–Crippen LogP) is 1.92. The molecule has 1 aliphatic rings. The molecule has 0 spiro atoms. The van der Waals surface area contributed by atoms with Gasteiger partial charge in [-0.1, -0.05) is 19.3 Å². The molecule has 0 bridgehead atoms. The van der Waals surface area contributed by atoms with Gasteiger partial charge in [-0.05, 0) is 24.8 Å². The molecular weight excluding hydrogens is 174 g/mol. The van der Waals surface area contributed by atoms with Gasteiger partial charge in [0.15, 0.2) is 0 Å².